The molecular weight excluding hydrogens is 448 g/mol. The quantitative estimate of drug-likeness (QED) is 0.222. The number of para-hydroxylation sites is 1. The molecule has 0 radical (unpaired) electrons. The molecule has 5 rings (SSSR count). The predicted molar refractivity (Wildman–Crippen MR) is 147 cm³/mol. The molecular formula is C30H28N4O2. The lowest BCUT2D eigenvalue weighted by Gasteiger charge is -2.08. The van der Waals surface area contributed by atoms with E-state index in [4.69, 9.17) is 0 Å². The van der Waals surface area contributed by atoms with E-state index in [-0.39, 0.29) is 24.7 Å². The van der Waals surface area contributed by atoms with E-state index in [0.717, 1.165) is 44.9 Å². The SMILES string of the molecule is CCn1c2ccccc2c2cc(NC(=O)C/C(C)=N/NC(=O)Cc3cccc4ccccc34)ccc21. The van der Waals surface area contributed by atoms with Crippen LogP contribution in [0.3, 0.4) is 0 Å². The van der Waals surface area contributed by atoms with Crippen LogP contribution in [0.2, 0.25) is 0 Å². The molecule has 1 heterocycles. The van der Waals surface area contributed by atoms with Crippen molar-refractivity contribution in [3.05, 3.63) is 90.5 Å². The zero-order valence-corrected chi connectivity index (χ0v) is 20.4. The first-order chi connectivity index (χ1) is 17.5. The molecule has 1 aromatic heterocycles. The van der Waals surface area contributed by atoms with Crippen molar-refractivity contribution in [2.24, 2.45) is 5.10 Å². The van der Waals surface area contributed by atoms with Crippen LogP contribution in [0.5, 0.6) is 0 Å². The zero-order valence-electron chi connectivity index (χ0n) is 20.4. The molecule has 0 saturated carbocycles. The number of benzene rings is 4. The van der Waals surface area contributed by atoms with Gasteiger partial charge in [0.05, 0.1) is 12.8 Å². The Morgan fingerprint density at radius 1 is 0.806 bits per heavy atom. The number of hydrazone groups is 1. The van der Waals surface area contributed by atoms with E-state index in [1.807, 2.05) is 72.8 Å². The Bertz CT molecular complexity index is 1630. The van der Waals surface area contributed by atoms with Crippen LogP contribution in [-0.2, 0) is 22.6 Å². The minimum atomic E-state index is -0.219. The second-order valence-electron chi connectivity index (χ2n) is 8.92. The fraction of sp³-hybridized carbons (Fsp3) is 0.167. The largest absolute Gasteiger partial charge is 0.341 e. The van der Waals surface area contributed by atoms with Crippen LogP contribution in [0.15, 0.2) is 90.0 Å². The number of aromatic nitrogens is 1. The highest BCUT2D eigenvalue weighted by molar-refractivity contribution is 6.11. The van der Waals surface area contributed by atoms with Crippen LogP contribution in [0, 0.1) is 0 Å². The number of nitrogens with zero attached hydrogens (tertiary/aromatic N) is 2. The van der Waals surface area contributed by atoms with E-state index in [9.17, 15) is 9.59 Å². The normalized spacial score (nSPS) is 11.8. The summed E-state index contributed by atoms with van der Waals surface area (Å²) in [4.78, 5) is 25.1. The van der Waals surface area contributed by atoms with Gasteiger partial charge in [-0.1, -0.05) is 60.7 Å². The Hall–Kier alpha value is -4.45. The van der Waals surface area contributed by atoms with Crippen molar-refractivity contribution >= 4 is 55.8 Å². The summed E-state index contributed by atoms with van der Waals surface area (Å²) in [7, 11) is 0. The predicted octanol–water partition coefficient (Wildman–Crippen LogP) is 6.03. The number of aryl methyl sites for hydroxylation is 1. The van der Waals surface area contributed by atoms with E-state index in [2.05, 4.69) is 39.5 Å². The number of hydrogen-bond acceptors (Lipinski definition) is 3. The third-order valence-corrected chi connectivity index (χ3v) is 6.39. The van der Waals surface area contributed by atoms with Gasteiger partial charge in [-0.05, 0) is 54.4 Å². The van der Waals surface area contributed by atoms with Gasteiger partial charge in [-0.2, -0.15) is 5.10 Å². The van der Waals surface area contributed by atoms with Crippen LogP contribution < -0.4 is 10.7 Å². The van der Waals surface area contributed by atoms with Gasteiger partial charge in [0.2, 0.25) is 11.8 Å². The standard InChI is InChI=1S/C30H28N4O2/c1-3-34-27-14-7-6-13-25(27)26-19-23(15-16-28(26)34)31-29(35)17-20(2)32-33-30(36)18-22-11-8-10-21-9-4-5-12-24(21)22/h4-16,19H,3,17-18H2,1-2H3,(H,31,35)(H,33,36)/b32-20+. The van der Waals surface area contributed by atoms with Crippen molar-refractivity contribution in [3.8, 4) is 0 Å². The first-order valence-corrected chi connectivity index (χ1v) is 12.1. The number of anilines is 1. The molecule has 0 fully saturated rings. The first-order valence-electron chi connectivity index (χ1n) is 12.1. The van der Waals surface area contributed by atoms with Gasteiger partial charge in [-0.25, -0.2) is 5.43 Å². The Kier molecular flexibility index (Phi) is 6.50. The first kappa shape index (κ1) is 23.3. The highest BCUT2D eigenvalue weighted by atomic mass is 16.2. The van der Waals surface area contributed by atoms with Crippen molar-refractivity contribution in [2.45, 2.75) is 33.2 Å². The molecule has 0 unspecified atom stereocenters. The van der Waals surface area contributed by atoms with E-state index >= 15 is 0 Å². The third kappa shape index (κ3) is 4.70. The molecule has 0 spiro atoms. The Balaban J connectivity index is 1.23. The minimum absolute atomic E-state index is 0.0866. The van der Waals surface area contributed by atoms with Gasteiger partial charge in [0.15, 0.2) is 0 Å². The van der Waals surface area contributed by atoms with Crippen LogP contribution >= 0.6 is 0 Å². The Labute approximate surface area is 209 Å². The number of nitrogens with one attached hydrogen (secondary N) is 2. The molecule has 0 aliphatic heterocycles. The minimum Gasteiger partial charge on any atom is -0.341 e. The molecule has 0 aliphatic carbocycles. The maximum atomic E-state index is 12.7. The summed E-state index contributed by atoms with van der Waals surface area (Å²) in [5.74, 6) is -0.401. The summed E-state index contributed by atoms with van der Waals surface area (Å²) in [6.45, 7) is 4.73. The molecule has 36 heavy (non-hydrogen) atoms. The summed E-state index contributed by atoms with van der Waals surface area (Å²) < 4.78 is 2.27. The number of hydrogen-bond donors (Lipinski definition) is 2. The lowest BCUT2D eigenvalue weighted by atomic mass is 10.0. The van der Waals surface area contributed by atoms with Crippen molar-refractivity contribution < 1.29 is 9.59 Å². The topological polar surface area (TPSA) is 75.5 Å². The van der Waals surface area contributed by atoms with Crippen molar-refractivity contribution in [1.82, 2.24) is 9.99 Å². The molecule has 4 aromatic carbocycles. The molecule has 0 saturated heterocycles. The van der Waals surface area contributed by atoms with Crippen LogP contribution in [0.1, 0.15) is 25.8 Å². The molecule has 180 valence electrons. The van der Waals surface area contributed by atoms with E-state index in [0.29, 0.717) is 5.71 Å². The fourth-order valence-electron chi connectivity index (χ4n) is 4.77. The number of amides is 2. The molecule has 6 heteroatoms. The van der Waals surface area contributed by atoms with E-state index < -0.39 is 0 Å². The van der Waals surface area contributed by atoms with Crippen molar-refractivity contribution in [2.75, 3.05) is 5.32 Å². The average molecular weight is 477 g/mol. The summed E-state index contributed by atoms with van der Waals surface area (Å²) in [6.07, 6.45) is 0.305. The number of rotatable bonds is 7. The molecule has 0 aliphatic rings. The van der Waals surface area contributed by atoms with Gasteiger partial charge in [-0.3, -0.25) is 9.59 Å². The number of fused-ring (bicyclic) bond motifs is 4. The lowest BCUT2D eigenvalue weighted by molar-refractivity contribution is -0.120. The van der Waals surface area contributed by atoms with Gasteiger partial charge in [-0.15, -0.1) is 0 Å². The average Bonchev–Trinajstić information content (AvgIpc) is 3.20. The van der Waals surface area contributed by atoms with Gasteiger partial charge in [0.25, 0.3) is 0 Å². The van der Waals surface area contributed by atoms with Crippen LogP contribution in [0.4, 0.5) is 5.69 Å². The zero-order chi connectivity index (χ0) is 25.1. The maximum Gasteiger partial charge on any atom is 0.244 e. The number of carbonyl (C=O) groups is 2. The van der Waals surface area contributed by atoms with Crippen LogP contribution in [-0.4, -0.2) is 22.1 Å². The molecule has 5 aromatic rings. The van der Waals surface area contributed by atoms with Gasteiger partial charge in [0.1, 0.15) is 0 Å². The van der Waals surface area contributed by atoms with E-state index in [1.165, 1.54) is 5.52 Å². The highest BCUT2D eigenvalue weighted by Crippen LogP contribution is 2.31. The summed E-state index contributed by atoms with van der Waals surface area (Å²) in [6, 6.07) is 28.2. The number of carbonyl (C=O) groups excluding carboxylic acids is 2. The van der Waals surface area contributed by atoms with Gasteiger partial charge >= 0.3 is 0 Å². The molecule has 2 N–H and O–H groups in total. The van der Waals surface area contributed by atoms with Crippen LogP contribution in [0.25, 0.3) is 32.6 Å². The van der Waals surface area contributed by atoms with E-state index in [1.54, 1.807) is 6.92 Å². The van der Waals surface area contributed by atoms with Gasteiger partial charge < -0.3 is 9.88 Å². The summed E-state index contributed by atoms with van der Waals surface area (Å²) in [5, 5.41) is 11.5. The van der Waals surface area contributed by atoms with Crippen molar-refractivity contribution in [3.63, 3.8) is 0 Å². The second kappa shape index (κ2) is 10.0. The highest BCUT2D eigenvalue weighted by Gasteiger charge is 2.12. The third-order valence-electron chi connectivity index (χ3n) is 6.39. The Morgan fingerprint density at radius 3 is 2.36 bits per heavy atom. The monoisotopic (exact) mass is 476 g/mol. The second-order valence-corrected chi connectivity index (χ2v) is 8.92. The fourth-order valence-corrected chi connectivity index (χ4v) is 4.77. The molecule has 2 amide bonds. The molecule has 0 atom stereocenters. The maximum absolute atomic E-state index is 12.7. The van der Waals surface area contributed by atoms with Gasteiger partial charge in [0, 0.05) is 39.7 Å². The summed E-state index contributed by atoms with van der Waals surface area (Å²) >= 11 is 0. The van der Waals surface area contributed by atoms with Crippen molar-refractivity contribution in [1.29, 1.82) is 0 Å². The smallest absolute Gasteiger partial charge is 0.244 e. The lowest BCUT2D eigenvalue weighted by Crippen LogP contribution is -2.23. The molecule has 6 nitrogen and oxygen atoms in total. The molecule has 0 bridgehead atoms. The Morgan fingerprint density at radius 2 is 1.53 bits per heavy atom. The summed E-state index contributed by atoms with van der Waals surface area (Å²) in [5.41, 5.74) is 7.11.